The lowest BCUT2D eigenvalue weighted by Crippen LogP contribution is -2.56. The topological polar surface area (TPSA) is 79.8 Å². The smallest absolute Gasteiger partial charge is 0.410 e. The van der Waals surface area contributed by atoms with Gasteiger partial charge in [-0.3, -0.25) is 4.98 Å². The summed E-state index contributed by atoms with van der Waals surface area (Å²) in [5.74, 6) is 0. The first-order valence-corrected chi connectivity index (χ1v) is 10.4. The molecule has 1 amide bonds. The van der Waals surface area contributed by atoms with Gasteiger partial charge in [-0.05, 0) is 39.8 Å². The minimum Gasteiger partial charge on any atom is -0.444 e. The Balaban J connectivity index is 1.84. The van der Waals surface area contributed by atoms with Crippen LogP contribution in [0.1, 0.15) is 27.7 Å². The van der Waals surface area contributed by atoms with Crippen molar-refractivity contribution in [1.82, 2.24) is 14.2 Å². The number of hydrogen-bond donors (Lipinski definition) is 0. The molecule has 7 nitrogen and oxygen atoms in total. The number of fused-ring (bicyclic) bond motifs is 1. The average molecular weight is 391 g/mol. The summed E-state index contributed by atoms with van der Waals surface area (Å²) in [6.45, 7) is 8.05. The molecule has 2 heterocycles. The lowest BCUT2D eigenvalue weighted by molar-refractivity contribution is 0.0143. The van der Waals surface area contributed by atoms with Gasteiger partial charge in [0.25, 0.3) is 0 Å². The zero-order chi connectivity index (χ0) is 19.8. The highest BCUT2D eigenvalue weighted by Gasteiger charge is 2.37. The molecule has 146 valence electrons. The molecule has 1 fully saturated rings. The van der Waals surface area contributed by atoms with Crippen LogP contribution in [0.25, 0.3) is 10.8 Å². The highest BCUT2D eigenvalue weighted by Crippen LogP contribution is 2.28. The average Bonchev–Trinajstić information content (AvgIpc) is 2.59. The number of rotatable bonds is 2. The quantitative estimate of drug-likeness (QED) is 0.786. The minimum absolute atomic E-state index is 0.226. The minimum atomic E-state index is -3.70. The number of pyridine rings is 1. The van der Waals surface area contributed by atoms with Crippen molar-refractivity contribution in [3.05, 3.63) is 36.7 Å². The Morgan fingerprint density at radius 2 is 1.96 bits per heavy atom. The summed E-state index contributed by atoms with van der Waals surface area (Å²) in [4.78, 5) is 18.2. The molecule has 0 saturated carbocycles. The van der Waals surface area contributed by atoms with Gasteiger partial charge in [0.05, 0.1) is 4.90 Å². The van der Waals surface area contributed by atoms with E-state index in [1.54, 1.807) is 42.4 Å². The maximum atomic E-state index is 13.3. The molecule has 0 radical (unpaired) electrons. The van der Waals surface area contributed by atoms with E-state index in [4.69, 9.17) is 4.74 Å². The number of hydrogen-bond acceptors (Lipinski definition) is 5. The van der Waals surface area contributed by atoms with Gasteiger partial charge in [-0.15, -0.1) is 0 Å². The molecule has 0 aliphatic carbocycles. The molecule has 27 heavy (non-hydrogen) atoms. The summed E-state index contributed by atoms with van der Waals surface area (Å²) < 4.78 is 33.4. The molecule has 1 aromatic carbocycles. The van der Waals surface area contributed by atoms with Crippen molar-refractivity contribution in [3.8, 4) is 0 Å². The molecule has 1 saturated heterocycles. The van der Waals surface area contributed by atoms with E-state index < -0.39 is 21.7 Å². The van der Waals surface area contributed by atoms with E-state index in [1.165, 1.54) is 4.31 Å². The lowest BCUT2D eigenvalue weighted by atomic mass is 10.2. The molecule has 1 aliphatic heterocycles. The summed E-state index contributed by atoms with van der Waals surface area (Å²) in [5, 5.41) is 1.42. The van der Waals surface area contributed by atoms with E-state index in [9.17, 15) is 13.2 Å². The van der Waals surface area contributed by atoms with E-state index in [0.717, 1.165) is 5.39 Å². The van der Waals surface area contributed by atoms with Crippen molar-refractivity contribution in [2.45, 2.75) is 44.2 Å². The molecule has 1 aromatic heterocycles. The van der Waals surface area contributed by atoms with Gasteiger partial charge in [-0.2, -0.15) is 4.31 Å². The fourth-order valence-corrected chi connectivity index (χ4v) is 5.06. The molecule has 2 aromatic rings. The lowest BCUT2D eigenvalue weighted by Gasteiger charge is -2.39. The summed E-state index contributed by atoms with van der Waals surface area (Å²) in [7, 11) is -3.70. The Kier molecular flexibility index (Phi) is 5.14. The molecule has 3 rings (SSSR count). The summed E-state index contributed by atoms with van der Waals surface area (Å²) in [5.41, 5.74) is -0.583. The third-order valence-electron chi connectivity index (χ3n) is 4.45. The van der Waals surface area contributed by atoms with Crippen LogP contribution in [-0.4, -0.2) is 60.0 Å². The van der Waals surface area contributed by atoms with Gasteiger partial charge in [0.15, 0.2) is 0 Å². The van der Waals surface area contributed by atoms with Crippen LogP contribution < -0.4 is 0 Å². The normalized spacial score (nSPS) is 19.3. The maximum Gasteiger partial charge on any atom is 0.410 e. The standard InChI is InChI=1S/C19H25N3O4S/c1-14-13-21(18(23)26-19(2,3)4)10-11-22(14)27(24,25)17-7-5-6-15-12-20-9-8-16(15)17/h5-9,12,14H,10-11,13H2,1-4H3/t14-/m0/s1. The molecule has 8 heteroatoms. The number of carbonyl (C=O) groups excluding carboxylic acids is 1. The molecule has 1 aliphatic rings. The second kappa shape index (κ2) is 7.09. The summed E-state index contributed by atoms with van der Waals surface area (Å²) >= 11 is 0. The van der Waals surface area contributed by atoms with Crippen molar-refractivity contribution >= 4 is 26.9 Å². The largest absolute Gasteiger partial charge is 0.444 e. The number of sulfonamides is 1. The van der Waals surface area contributed by atoms with Gasteiger partial charge in [0.1, 0.15) is 5.60 Å². The van der Waals surface area contributed by atoms with E-state index in [1.807, 2.05) is 26.8 Å². The van der Waals surface area contributed by atoms with Crippen molar-refractivity contribution in [2.75, 3.05) is 19.6 Å². The number of carbonyl (C=O) groups is 1. The molecule has 0 unspecified atom stereocenters. The monoisotopic (exact) mass is 391 g/mol. The number of ether oxygens (including phenoxy) is 1. The van der Waals surface area contributed by atoms with Gasteiger partial charge in [0, 0.05) is 48.8 Å². The van der Waals surface area contributed by atoms with Crippen LogP contribution in [-0.2, 0) is 14.8 Å². The SMILES string of the molecule is C[C@H]1CN(C(=O)OC(C)(C)C)CCN1S(=O)(=O)c1cccc2cnccc12. The molecule has 1 atom stereocenters. The van der Waals surface area contributed by atoms with E-state index in [2.05, 4.69) is 4.98 Å². The molecule has 0 N–H and O–H groups in total. The van der Waals surface area contributed by atoms with Crippen molar-refractivity contribution in [3.63, 3.8) is 0 Å². The number of benzene rings is 1. The fourth-order valence-electron chi connectivity index (χ4n) is 3.23. The second-order valence-electron chi connectivity index (χ2n) is 7.74. The van der Waals surface area contributed by atoms with Crippen LogP contribution in [0.2, 0.25) is 0 Å². The Bertz CT molecular complexity index is 948. The molecule has 0 bridgehead atoms. The van der Waals surface area contributed by atoms with Gasteiger partial charge < -0.3 is 9.64 Å². The third kappa shape index (κ3) is 4.06. The van der Waals surface area contributed by atoms with Crippen LogP contribution in [0.3, 0.4) is 0 Å². The van der Waals surface area contributed by atoms with E-state index >= 15 is 0 Å². The molecule has 0 spiro atoms. The van der Waals surface area contributed by atoms with Crippen molar-refractivity contribution in [2.24, 2.45) is 0 Å². The molecular weight excluding hydrogens is 366 g/mol. The molecular formula is C19H25N3O4S. The highest BCUT2D eigenvalue weighted by molar-refractivity contribution is 7.89. The maximum absolute atomic E-state index is 13.3. The summed E-state index contributed by atoms with van der Waals surface area (Å²) in [6.07, 6.45) is 2.83. The van der Waals surface area contributed by atoms with E-state index in [0.29, 0.717) is 18.5 Å². The Labute approximate surface area is 160 Å². The Hall–Kier alpha value is -2.19. The first-order chi connectivity index (χ1) is 12.6. The predicted octanol–water partition coefficient (Wildman–Crippen LogP) is 2.86. The number of nitrogens with zero attached hydrogens (tertiary/aromatic N) is 3. The summed E-state index contributed by atoms with van der Waals surface area (Å²) in [6, 6.07) is 6.53. The van der Waals surface area contributed by atoms with Crippen LogP contribution in [0.5, 0.6) is 0 Å². The predicted molar refractivity (Wildman–Crippen MR) is 103 cm³/mol. The third-order valence-corrected chi connectivity index (χ3v) is 6.52. The first-order valence-electron chi connectivity index (χ1n) is 8.92. The van der Waals surface area contributed by atoms with Crippen LogP contribution in [0.15, 0.2) is 41.6 Å². The second-order valence-corrected chi connectivity index (χ2v) is 9.60. The number of piperazine rings is 1. The highest BCUT2D eigenvalue weighted by atomic mass is 32.2. The Morgan fingerprint density at radius 1 is 1.22 bits per heavy atom. The van der Waals surface area contributed by atoms with E-state index in [-0.39, 0.29) is 17.5 Å². The fraction of sp³-hybridized carbons (Fsp3) is 0.474. The van der Waals surface area contributed by atoms with Gasteiger partial charge in [0.2, 0.25) is 10.0 Å². The number of aromatic nitrogens is 1. The van der Waals surface area contributed by atoms with Crippen LogP contribution in [0.4, 0.5) is 4.79 Å². The van der Waals surface area contributed by atoms with Crippen LogP contribution in [0, 0.1) is 0 Å². The number of amides is 1. The zero-order valence-electron chi connectivity index (χ0n) is 16.0. The van der Waals surface area contributed by atoms with Gasteiger partial charge in [-0.25, -0.2) is 13.2 Å². The van der Waals surface area contributed by atoms with Crippen molar-refractivity contribution < 1.29 is 17.9 Å². The Morgan fingerprint density at radius 3 is 2.63 bits per heavy atom. The first kappa shape index (κ1) is 19.6. The van der Waals surface area contributed by atoms with Crippen molar-refractivity contribution in [1.29, 1.82) is 0 Å². The van der Waals surface area contributed by atoms with Gasteiger partial charge >= 0.3 is 6.09 Å². The zero-order valence-corrected chi connectivity index (χ0v) is 16.9. The van der Waals surface area contributed by atoms with Crippen LogP contribution >= 0.6 is 0 Å². The van der Waals surface area contributed by atoms with Gasteiger partial charge in [-0.1, -0.05) is 12.1 Å².